The lowest BCUT2D eigenvalue weighted by Crippen LogP contribution is -2.24. The normalized spacial score (nSPS) is 12.1. The van der Waals surface area contributed by atoms with Gasteiger partial charge in [0.15, 0.2) is 0 Å². The third kappa shape index (κ3) is 5.04. The van der Waals surface area contributed by atoms with Crippen LogP contribution in [0.3, 0.4) is 0 Å². The van der Waals surface area contributed by atoms with E-state index >= 15 is 4.39 Å². The molecule has 194 valence electrons. The number of rotatable bonds is 8. The van der Waals surface area contributed by atoms with Crippen molar-refractivity contribution in [1.82, 2.24) is 0 Å². The van der Waals surface area contributed by atoms with Crippen LogP contribution in [-0.4, -0.2) is 21.3 Å². The number of ether oxygens (including phenoxy) is 3. The fraction of sp³-hybridized carbons (Fsp3) is 0.400. The molecule has 0 saturated carbocycles. The van der Waals surface area contributed by atoms with Crippen molar-refractivity contribution in [2.24, 2.45) is 0 Å². The first-order chi connectivity index (χ1) is 16.8. The van der Waals surface area contributed by atoms with Crippen LogP contribution in [0.15, 0.2) is 42.5 Å². The fourth-order valence-corrected chi connectivity index (χ4v) is 5.17. The highest BCUT2D eigenvalue weighted by Gasteiger charge is 2.34. The van der Waals surface area contributed by atoms with Crippen LogP contribution >= 0.6 is 11.6 Å². The van der Waals surface area contributed by atoms with Gasteiger partial charge < -0.3 is 14.2 Å². The summed E-state index contributed by atoms with van der Waals surface area (Å²) >= 11 is 6.90. The molecular weight excluding hydrogens is 482 g/mol. The van der Waals surface area contributed by atoms with Crippen LogP contribution < -0.4 is 14.2 Å². The third-order valence-electron chi connectivity index (χ3n) is 7.06. The highest BCUT2D eigenvalue weighted by atomic mass is 35.5. The van der Waals surface area contributed by atoms with Crippen LogP contribution in [-0.2, 0) is 10.8 Å². The first-order valence-corrected chi connectivity index (χ1v) is 12.3. The first kappa shape index (κ1) is 27.8. The second kappa shape index (κ2) is 10.3. The molecule has 0 radical (unpaired) electrons. The number of methoxy groups -OCH3 is 3. The molecule has 0 aromatic heterocycles. The summed E-state index contributed by atoms with van der Waals surface area (Å²) in [5, 5.41) is 0.442. The van der Waals surface area contributed by atoms with Gasteiger partial charge in [0.05, 0.1) is 21.3 Å². The molecule has 3 rings (SSSR count). The molecule has 0 amide bonds. The molecule has 0 bridgehead atoms. The van der Waals surface area contributed by atoms with Gasteiger partial charge >= 0.3 is 0 Å². The molecule has 0 aliphatic rings. The Balaban J connectivity index is 2.19. The van der Waals surface area contributed by atoms with Crippen molar-refractivity contribution >= 4 is 11.6 Å². The van der Waals surface area contributed by atoms with E-state index in [4.69, 9.17) is 25.8 Å². The SMILES string of the molecule is COc1cc(F)cc(C(C)(C)c2c(Cl)cc(C(C)(C)c3cc(OC)c(C(C)C)cc3F)cc2OC)c1. The average molecular weight is 517 g/mol. The van der Waals surface area contributed by atoms with Gasteiger partial charge in [-0.2, -0.15) is 0 Å². The zero-order valence-corrected chi connectivity index (χ0v) is 23.2. The minimum atomic E-state index is -0.755. The van der Waals surface area contributed by atoms with Gasteiger partial charge in [-0.05, 0) is 59.0 Å². The molecule has 0 unspecified atom stereocenters. The minimum absolute atomic E-state index is 0.115. The molecule has 3 aromatic carbocycles. The summed E-state index contributed by atoms with van der Waals surface area (Å²) in [6, 6.07) is 11.6. The van der Waals surface area contributed by atoms with E-state index in [0.717, 1.165) is 11.1 Å². The zero-order valence-electron chi connectivity index (χ0n) is 22.5. The molecule has 3 nitrogen and oxygen atoms in total. The van der Waals surface area contributed by atoms with Crippen LogP contribution in [0, 0.1) is 11.6 Å². The van der Waals surface area contributed by atoms with Crippen LogP contribution in [0.2, 0.25) is 5.02 Å². The Hall–Kier alpha value is -2.79. The van der Waals surface area contributed by atoms with Gasteiger partial charge in [-0.3, -0.25) is 0 Å². The number of benzene rings is 3. The van der Waals surface area contributed by atoms with E-state index in [0.29, 0.717) is 39.0 Å². The summed E-state index contributed by atoms with van der Waals surface area (Å²) in [7, 11) is 4.65. The molecule has 0 fully saturated rings. The molecule has 0 N–H and O–H groups in total. The second-order valence-electron chi connectivity index (χ2n) is 10.4. The molecule has 0 atom stereocenters. The summed E-state index contributed by atoms with van der Waals surface area (Å²) in [6.07, 6.45) is 0. The highest BCUT2D eigenvalue weighted by molar-refractivity contribution is 6.31. The molecule has 6 heteroatoms. The van der Waals surface area contributed by atoms with Gasteiger partial charge in [0.25, 0.3) is 0 Å². The molecular formula is C30H35ClF2O3. The molecule has 0 aliphatic heterocycles. The predicted molar refractivity (Wildman–Crippen MR) is 142 cm³/mol. The number of halogens is 3. The van der Waals surface area contributed by atoms with Gasteiger partial charge in [-0.15, -0.1) is 0 Å². The summed E-state index contributed by atoms with van der Waals surface area (Å²) in [4.78, 5) is 0. The second-order valence-corrected chi connectivity index (χ2v) is 10.8. The van der Waals surface area contributed by atoms with Crippen LogP contribution in [0.4, 0.5) is 8.78 Å². The Labute approximate surface area is 218 Å². The average Bonchev–Trinajstić information content (AvgIpc) is 2.82. The monoisotopic (exact) mass is 516 g/mol. The van der Waals surface area contributed by atoms with E-state index in [2.05, 4.69) is 0 Å². The maximum Gasteiger partial charge on any atom is 0.127 e. The Morgan fingerprint density at radius 3 is 1.89 bits per heavy atom. The first-order valence-electron chi connectivity index (χ1n) is 11.9. The number of hydrogen-bond donors (Lipinski definition) is 0. The zero-order chi connectivity index (χ0) is 27.0. The Bertz CT molecular complexity index is 1270. The summed E-state index contributed by atoms with van der Waals surface area (Å²) < 4.78 is 46.4. The largest absolute Gasteiger partial charge is 0.497 e. The lowest BCUT2D eigenvalue weighted by Gasteiger charge is -2.33. The molecule has 3 aromatic rings. The van der Waals surface area contributed by atoms with Crippen molar-refractivity contribution in [1.29, 1.82) is 0 Å². The van der Waals surface area contributed by atoms with Gasteiger partial charge in [-0.1, -0.05) is 53.1 Å². The maximum absolute atomic E-state index is 15.4. The van der Waals surface area contributed by atoms with Crippen LogP contribution in [0.1, 0.15) is 75.3 Å². The Morgan fingerprint density at radius 2 is 1.33 bits per heavy atom. The van der Waals surface area contributed by atoms with Crippen molar-refractivity contribution in [3.63, 3.8) is 0 Å². The van der Waals surface area contributed by atoms with Crippen LogP contribution in [0.25, 0.3) is 0 Å². The highest BCUT2D eigenvalue weighted by Crippen LogP contribution is 2.46. The molecule has 36 heavy (non-hydrogen) atoms. The molecule has 0 heterocycles. The van der Waals surface area contributed by atoms with Crippen molar-refractivity contribution in [2.45, 2.75) is 58.3 Å². The van der Waals surface area contributed by atoms with Gasteiger partial charge in [0.1, 0.15) is 28.9 Å². The smallest absolute Gasteiger partial charge is 0.127 e. The van der Waals surface area contributed by atoms with Gasteiger partial charge in [0.2, 0.25) is 0 Å². The van der Waals surface area contributed by atoms with Crippen molar-refractivity contribution in [3.8, 4) is 17.2 Å². The quantitative estimate of drug-likeness (QED) is 0.301. The summed E-state index contributed by atoms with van der Waals surface area (Å²) in [5.74, 6) is 0.995. The molecule has 0 saturated heterocycles. The van der Waals surface area contributed by atoms with E-state index in [-0.39, 0.29) is 11.7 Å². The maximum atomic E-state index is 15.4. The van der Waals surface area contributed by atoms with E-state index in [1.165, 1.54) is 19.2 Å². The third-order valence-corrected chi connectivity index (χ3v) is 7.36. The predicted octanol–water partition coefficient (Wildman–Crippen LogP) is 8.42. The summed E-state index contributed by atoms with van der Waals surface area (Å²) in [6.45, 7) is 11.8. The van der Waals surface area contributed by atoms with Crippen molar-refractivity contribution in [3.05, 3.63) is 86.9 Å². The van der Waals surface area contributed by atoms with Crippen molar-refractivity contribution in [2.75, 3.05) is 21.3 Å². The fourth-order valence-electron chi connectivity index (χ4n) is 4.73. The molecule has 0 spiro atoms. The van der Waals surface area contributed by atoms with E-state index in [9.17, 15) is 4.39 Å². The van der Waals surface area contributed by atoms with E-state index in [1.54, 1.807) is 32.4 Å². The van der Waals surface area contributed by atoms with Gasteiger partial charge in [-0.25, -0.2) is 8.78 Å². The van der Waals surface area contributed by atoms with E-state index < -0.39 is 16.6 Å². The lowest BCUT2D eigenvalue weighted by atomic mass is 9.73. The standard InChI is InChI=1S/C30H35ClF2O3/c1-17(2)22-15-25(33)23(16-26(22)35-8)29(3,4)19-12-24(31)28(27(13-19)36-9)30(5,6)18-10-20(32)14-21(11-18)34-7/h10-17H,1-9H3. The number of hydrogen-bond acceptors (Lipinski definition) is 3. The topological polar surface area (TPSA) is 27.7 Å². The van der Waals surface area contributed by atoms with Gasteiger partial charge in [0, 0.05) is 33.0 Å². The Kier molecular flexibility index (Phi) is 7.95. The minimum Gasteiger partial charge on any atom is -0.497 e. The van der Waals surface area contributed by atoms with Crippen molar-refractivity contribution < 1.29 is 23.0 Å². The van der Waals surface area contributed by atoms with E-state index in [1.807, 2.05) is 53.7 Å². The molecule has 0 aliphatic carbocycles. The van der Waals surface area contributed by atoms with Crippen LogP contribution in [0.5, 0.6) is 17.2 Å². The Morgan fingerprint density at radius 1 is 0.722 bits per heavy atom. The lowest BCUT2D eigenvalue weighted by molar-refractivity contribution is 0.396. The summed E-state index contributed by atoms with van der Waals surface area (Å²) in [5.41, 5.74) is 2.00.